The van der Waals surface area contributed by atoms with Gasteiger partial charge in [0.2, 0.25) is 0 Å². The number of rotatable bonds is 6. The van der Waals surface area contributed by atoms with Crippen molar-refractivity contribution in [3.63, 3.8) is 0 Å². The highest BCUT2D eigenvalue weighted by molar-refractivity contribution is 5.59. The number of piperidine rings is 1. The molecule has 0 bridgehead atoms. The Balaban J connectivity index is 2.10. The second kappa shape index (κ2) is 7.26. The van der Waals surface area contributed by atoms with Gasteiger partial charge in [0.05, 0.1) is 11.5 Å². The molecule has 0 aromatic heterocycles. The molecule has 1 N–H and O–H groups in total. The number of nitrogens with zero attached hydrogens (tertiary/aromatic N) is 2. The Morgan fingerprint density at radius 3 is 2.71 bits per heavy atom. The monoisotopic (exact) mass is 293 g/mol. The average molecular weight is 293 g/mol. The lowest BCUT2D eigenvalue weighted by Gasteiger charge is -2.33. The van der Waals surface area contributed by atoms with Gasteiger partial charge >= 0.3 is 5.69 Å². The normalized spacial score (nSPS) is 16.0. The summed E-state index contributed by atoms with van der Waals surface area (Å²) in [5, 5.41) is 14.2. The predicted molar refractivity (Wildman–Crippen MR) is 83.1 cm³/mol. The van der Waals surface area contributed by atoms with Crippen molar-refractivity contribution in [3.8, 4) is 5.75 Å². The van der Waals surface area contributed by atoms with Gasteiger partial charge in [0.25, 0.3) is 0 Å². The summed E-state index contributed by atoms with van der Waals surface area (Å²) in [7, 11) is 1.98. The summed E-state index contributed by atoms with van der Waals surface area (Å²) in [4.78, 5) is 12.9. The van der Waals surface area contributed by atoms with Gasteiger partial charge in [0, 0.05) is 30.9 Å². The summed E-state index contributed by atoms with van der Waals surface area (Å²) in [5.74, 6) is 1.08. The lowest BCUT2D eigenvalue weighted by atomic mass is 9.96. The molecule has 6 nitrogen and oxygen atoms in total. The Morgan fingerprint density at radius 1 is 1.43 bits per heavy atom. The number of hydrogen-bond acceptors (Lipinski definition) is 5. The largest absolute Gasteiger partial charge is 0.487 e. The van der Waals surface area contributed by atoms with E-state index in [0.29, 0.717) is 12.4 Å². The molecule has 0 unspecified atom stereocenters. The molecule has 0 saturated carbocycles. The summed E-state index contributed by atoms with van der Waals surface area (Å²) in [6.07, 6.45) is 2.28. The van der Waals surface area contributed by atoms with E-state index < -0.39 is 4.92 Å². The summed E-state index contributed by atoms with van der Waals surface area (Å²) < 4.78 is 5.41. The van der Waals surface area contributed by atoms with Crippen molar-refractivity contribution >= 4 is 11.4 Å². The topological polar surface area (TPSA) is 67.6 Å². The van der Waals surface area contributed by atoms with Crippen molar-refractivity contribution in [1.82, 2.24) is 5.32 Å². The van der Waals surface area contributed by atoms with Crippen LogP contribution in [0, 0.1) is 16.0 Å². The quantitative estimate of drug-likeness (QED) is 0.644. The second-order valence-electron chi connectivity index (χ2n) is 5.33. The molecule has 116 valence electrons. The molecule has 1 aliphatic heterocycles. The van der Waals surface area contributed by atoms with E-state index in [4.69, 9.17) is 4.74 Å². The second-order valence-corrected chi connectivity index (χ2v) is 5.33. The van der Waals surface area contributed by atoms with Crippen molar-refractivity contribution in [3.05, 3.63) is 28.3 Å². The minimum absolute atomic E-state index is 0.0330. The SMILES string of the molecule is CCOc1cc(N2CCC(CNC)CC2)ccc1[N+](=O)[O-]. The molecule has 1 fully saturated rings. The number of hydrogen-bond donors (Lipinski definition) is 1. The van der Waals surface area contributed by atoms with Crippen LogP contribution in [-0.4, -0.2) is 38.2 Å². The van der Waals surface area contributed by atoms with Crippen molar-refractivity contribution in [1.29, 1.82) is 0 Å². The number of benzene rings is 1. The van der Waals surface area contributed by atoms with E-state index in [-0.39, 0.29) is 5.69 Å². The van der Waals surface area contributed by atoms with Crippen LogP contribution in [0.4, 0.5) is 11.4 Å². The summed E-state index contributed by atoms with van der Waals surface area (Å²) in [6.45, 7) is 5.28. The average Bonchev–Trinajstić information content (AvgIpc) is 2.48. The van der Waals surface area contributed by atoms with Gasteiger partial charge in [0.15, 0.2) is 5.75 Å². The van der Waals surface area contributed by atoms with Crippen LogP contribution in [0.2, 0.25) is 0 Å². The van der Waals surface area contributed by atoms with Gasteiger partial charge in [-0.1, -0.05) is 0 Å². The smallest absolute Gasteiger partial charge is 0.311 e. The molecule has 1 saturated heterocycles. The third-order valence-corrected chi connectivity index (χ3v) is 3.91. The summed E-state index contributed by atoms with van der Waals surface area (Å²) in [6, 6.07) is 5.15. The lowest BCUT2D eigenvalue weighted by molar-refractivity contribution is -0.385. The molecule has 1 heterocycles. The van der Waals surface area contributed by atoms with Gasteiger partial charge in [-0.15, -0.1) is 0 Å². The highest BCUT2D eigenvalue weighted by Gasteiger charge is 2.22. The highest BCUT2D eigenvalue weighted by Crippen LogP contribution is 2.33. The van der Waals surface area contributed by atoms with E-state index in [2.05, 4.69) is 10.2 Å². The molecular formula is C15H23N3O3. The van der Waals surface area contributed by atoms with E-state index in [1.165, 1.54) is 0 Å². The molecule has 1 aromatic rings. The van der Waals surface area contributed by atoms with Crippen LogP contribution < -0.4 is 15.0 Å². The number of anilines is 1. The third kappa shape index (κ3) is 3.85. The Hall–Kier alpha value is -1.82. The van der Waals surface area contributed by atoms with Crippen LogP contribution in [-0.2, 0) is 0 Å². The van der Waals surface area contributed by atoms with Gasteiger partial charge in [-0.05, 0) is 45.3 Å². The zero-order valence-corrected chi connectivity index (χ0v) is 12.7. The molecule has 0 amide bonds. The maximum atomic E-state index is 11.0. The Bertz CT molecular complexity index is 485. The first-order chi connectivity index (χ1) is 10.2. The minimum Gasteiger partial charge on any atom is -0.487 e. The molecule has 1 aliphatic rings. The Morgan fingerprint density at radius 2 is 2.14 bits per heavy atom. The summed E-state index contributed by atoms with van der Waals surface area (Å²) in [5.41, 5.74) is 1.04. The molecule has 1 aromatic carbocycles. The number of ether oxygens (including phenoxy) is 1. The fourth-order valence-corrected chi connectivity index (χ4v) is 2.81. The molecule has 0 atom stereocenters. The number of nitro benzene ring substituents is 1. The first kappa shape index (κ1) is 15.6. The van der Waals surface area contributed by atoms with Crippen LogP contribution in [0.15, 0.2) is 18.2 Å². The van der Waals surface area contributed by atoms with E-state index in [9.17, 15) is 10.1 Å². The molecular weight excluding hydrogens is 270 g/mol. The number of nitrogens with one attached hydrogen (secondary N) is 1. The Labute approximate surface area is 125 Å². The molecule has 0 aliphatic carbocycles. The molecule has 6 heteroatoms. The van der Waals surface area contributed by atoms with E-state index >= 15 is 0 Å². The molecule has 0 spiro atoms. The Kier molecular flexibility index (Phi) is 5.38. The first-order valence-corrected chi connectivity index (χ1v) is 7.46. The maximum Gasteiger partial charge on any atom is 0.311 e. The van der Waals surface area contributed by atoms with Crippen LogP contribution in [0.1, 0.15) is 19.8 Å². The molecule has 0 radical (unpaired) electrons. The standard InChI is InChI=1S/C15H23N3O3/c1-3-21-15-10-13(4-5-14(15)18(19)20)17-8-6-12(7-9-17)11-16-2/h4-5,10,12,16H,3,6-9,11H2,1-2H3. The van der Waals surface area contributed by atoms with Gasteiger partial charge in [-0.2, -0.15) is 0 Å². The van der Waals surface area contributed by atoms with Gasteiger partial charge in [-0.3, -0.25) is 10.1 Å². The van der Waals surface area contributed by atoms with Crippen molar-refractivity contribution in [2.24, 2.45) is 5.92 Å². The fraction of sp³-hybridized carbons (Fsp3) is 0.600. The van der Waals surface area contributed by atoms with Crippen molar-refractivity contribution in [2.45, 2.75) is 19.8 Å². The first-order valence-electron chi connectivity index (χ1n) is 7.46. The maximum absolute atomic E-state index is 11.0. The van der Waals surface area contributed by atoms with Crippen LogP contribution >= 0.6 is 0 Å². The third-order valence-electron chi connectivity index (χ3n) is 3.91. The predicted octanol–water partition coefficient (Wildman–Crippen LogP) is 2.43. The van der Waals surface area contributed by atoms with E-state index in [0.717, 1.165) is 44.1 Å². The van der Waals surface area contributed by atoms with E-state index in [1.807, 2.05) is 20.0 Å². The van der Waals surface area contributed by atoms with Crippen molar-refractivity contribution < 1.29 is 9.66 Å². The van der Waals surface area contributed by atoms with Gasteiger partial charge in [-0.25, -0.2) is 0 Å². The molecule has 21 heavy (non-hydrogen) atoms. The fourth-order valence-electron chi connectivity index (χ4n) is 2.81. The van der Waals surface area contributed by atoms with E-state index in [1.54, 1.807) is 12.1 Å². The minimum atomic E-state index is -0.395. The van der Waals surface area contributed by atoms with Gasteiger partial charge in [0.1, 0.15) is 0 Å². The summed E-state index contributed by atoms with van der Waals surface area (Å²) >= 11 is 0. The van der Waals surface area contributed by atoms with Crippen LogP contribution in [0.3, 0.4) is 0 Å². The van der Waals surface area contributed by atoms with Crippen LogP contribution in [0.25, 0.3) is 0 Å². The lowest BCUT2D eigenvalue weighted by Crippen LogP contribution is -2.36. The molecule has 2 rings (SSSR count). The van der Waals surface area contributed by atoms with Crippen molar-refractivity contribution in [2.75, 3.05) is 38.2 Å². The zero-order valence-electron chi connectivity index (χ0n) is 12.7. The zero-order chi connectivity index (χ0) is 15.2. The van der Waals surface area contributed by atoms with Gasteiger partial charge < -0.3 is 15.0 Å². The highest BCUT2D eigenvalue weighted by atomic mass is 16.6. The van der Waals surface area contributed by atoms with Crippen LogP contribution in [0.5, 0.6) is 5.75 Å². The number of nitro groups is 1.